The lowest BCUT2D eigenvalue weighted by Gasteiger charge is -2.24. The fraction of sp³-hybridized carbons (Fsp3) is 0.655. The van der Waals surface area contributed by atoms with Crippen LogP contribution >= 0.6 is 0 Å². The number of amides is 1. The quantitative estimate of drug-likeness (QED) is 0.0322. The summed E-state index contributed by atoms with van der Waals surface area (Å²) in [6.07, 6.45) is 68.8. The van der Waals surface area contributed by atoms with E-state index < -0.39 is 18.2 Å². The number of ether oxygens (including phenoxy) is 1. The van der Waals surface area contributed by atoms with Crippen LogP contribution in [0.3, 0.4) is 0 Å². The van der Waals surface area contributed by atoms with E-state index in [1.54, 1.807) is 0 Å². The van der Waals surface area contributed by atoms with Crippen LogP contribution in [0.25, 0.3) is 0 Å². The lowest BCUT2D eigenvalue weighted by atomic mass is 10.0. The van der Waals surface area contributed by atoms with Gasteiger partial charge in [0.1, 0.15) is 6.10 Å². The second-order valence-electron chi connectivity index (χ2n) is 17.2. The highest BCUT2D eigenvalue weighted by Crippen LogP contribution is 2.15. The minimum atomic E-state index is -0.823. The number of nitrogens with one attached hydrogen (secondary N) is 1. The molecule has 3 unspecified atom stereocenters. The zero-order valence-electron chi connectivity index (χ0n) is 41.4. The van der Waals surface area contributed by atoms with Gasteiger partial charge in [-0.05, 0) is 89.9 Å². The monoisotopic (exact) mass is 888 g/mol. The number of carbonyl (C=O) groups is 2. The van der Waals surface area contributed by atoms with Gasteiger partial charge in [0.2, 0.25) is 5.91 Å². The largest absolute Gasteiger partial charge is 0.461 e. The molecule has 0 aliphatic heterocycles. The molecule has 0 aromatic rings. The van der Waals surface area contributed by atoms with Crippen molar-refractivity contribution in [3.05, 3.63) is 109 Å². The highest BCUT2D eigenvalue weighted by atomic mass is 16.5. The van der Waals surface area contributed by atoms with Crippen LogP contribution in [0.4, 0.5) is 0 Å². The molecule has 0 fully saturated rings. The van der Waals surface area contributed by atoms with E-state index in [0.29, 0.717) is 19.3 Å². The van der Waals surface area contributed by atoms with Crippen molar-refractivity contribution in [3.63, 3.8) is 0 Å². The van der Waals surface area contributed by atoms with Crippen molar-refractivity contribution in [2.45, 2.75) is 238 Å². The van der Waals surface area contributed by atoms with Crippen LogP contribution in [0.15, 0.2) is 109 Å². The second-order valence-corrected chi connectivity index (χ2v) is 17.2. The van der Waals surface area contributed by atoms with Gasteiger partial charge < -0.3 is 20.3 Å². The molecule has 0 heterocycles. The van der Waals surface area contributed by atoms with Crippen molar-refractivity contribution >= 4 is 11.9 Å². The zero-order chi connectivity index (χ0) is 46.7. The molecule has 0 aromatic heterocycles. The van der Waals surface area contributed by atoms with Crippen LogP contribution in [0.1, 0.15) is 220 Å². The predicted molar refractivity (Wildman–Crippen MR) is 277 cm³/mol. The number of aliphatic hydroxyl groups is 2. The molecule has 0 rings (SSSR count). The maximum absolute atomic E-state index is 13.2. The number of rotatable bonds is 45. The standard InChI is InChI=1S/C58H97NO5/c1-4-7-10-13-16-19-22-24-26-27-28-29-31-33-36-39-42-45-48-51-58(63)64-54(49-46-43-40-37-35-32-30-25-23-20-17-14-11-8-5-2)52-57(62)59-55(53-60)56(61)50-47-44-41-38-34-21-18-15-12-9-6-3/h8,11,16-17,19-20,24-26,28-30,33,35-37,43,46,54-56,60-61H,4-7,9-10,12-15,18,21-23,27,31-32,34,38-42,44-45,47-53H2,1-3H3,(H,59,62)/b11-8-,19-16-,20-17-,26-24-,29-28-,30-25-,36-33-,37-35-,46-43-. The number of carbonyl (C=O) groups excluding carboxylic acids is 2. The maximum Gasteiger partial charge on any atom is 0.306 e. The molecule has 0 aliphatic carbocycles. The van der Waals surface area contributed by atoms with Gasteiger partial charge in [0, 0.05) is 12.8 Å². The summed E-state index contributed by atoms with van der Waals surface area (Å²) in [5.41, 5.74) is 0. The van der Waals surface area contributed by atoms with E-state index in [9.17, 15) is 19.8 Å². The van der Waals surface area contributed by atoms with E-state index in [2.05, 4.69) is 123 Å². The fourth-order valence-corrected chi connectivity index (χ4v) is 7.14. The van der Waals surface area contributed by atoms with E-state index in [1.807, 2.05) is 12.2 Å². The molecule has 0 spiro atoms. The summed E-state index contributed by atoms with van der Waals surface area (Å²) in [5, 5.41) is 23.7. The third-order valence-electron chi connectivity index (χ3n) is 11.1. The summed E-state index contributed by atoms with van der Waals surface area (Å²) in [4.78, 5) is 26.1. The predicted octanol–water partition coefficient (Wildman–Crippen LogP) is 15.9. The third kappa shape index (κ3) is 45.1. The van der Waals surface area contributed by atoms with Crippen molar-refractivity contribution in [1.82, 2.24) is 5.32 Å². The summed E-state index contributed by atoms with van der Waals surface area (Å²) in [7, 11) is 0. The van der Waals surface area contributed by atoms with E-state index >= 15 is 0 Å². The Morgan fingerprint density at radius 3 is 1.34 bits per heavy atom. The number of hydrogen-bond donors (Lipinski definition) is 3. The molecule has 3 atom stereocenters. The first kappa shape index (κ1) is 60.5. The van der Waals surface area contributed by atoms with E-state index in [1.165, 1.54) is 77.0 Å². The highest BCUT2D eigenvalue weighted by molar-refractivity contribution is 5.77. The highest BCUT2D eigenvalue weighted by Gasteiger charge is 2.23. The van der Waals surface area contributed by atoms with Gasteiger partial charge in [-0.1, -0.05) is 220 Å². The topological polar surface area (TPSA) is 95.9 Å². The van der Waals surface area contributed by atoms with Gasteiger partial charge in [0.05, 0.1) is 25.2 Å². The van der Waals surface area contributed by atoms with Crippen molar-refractivity contribution in [2.24, 2.45) is 0 Å². The number of esters is 1. The van der Waals surface area contributed by atoms with Crippen LogP contribution < -0.4 is 5.32 Å². The Bertz CT molecular complexity index is 1320. The van der Waals surface area contributed by atoms with Crippen molar-refractivity contribution in [2.75, 3.05) is 6.61 Å². The van der Waals surface area contributed by atoms with Crippen LogP contribution in [0.2, 0.25) is 0 Å². The lowest BCUT2D eigenvalue weighted by molar-refractivity contribution is -0.150. The van der Waals surface area contributed by atoms with Crippen LogP contribution in [0.5, 0.6) is 0 Å². The SMILES string of the molecule is CC/C=C\C/C=C\C/C=C\C/C=C\C/C=C\CC(CC(=O)NC(CO)C(O)CCCCCCCCCCCCC)OC(=O)CCCCC/C=C\C/C=C\C/C=C\C/C=C\CCCCC. The smallest absolute Gasteiger partial charge is 0.306 e. The van der Waals surface area contributed by atoms with Gasteiger partial charge in [0.25, 0.3) is 0 Å². The first-order chi connectivity index (χ1) is 31.5. The Morgan fingerprint density at radius 1 is 0.484 bits per heavy atom. The first-order valence-electron chi connectivity index (χ1n) is 26.1. The summed E-state index contributed by atoms with van der Waals surface area (Å²) in [6, 6.07) is -0.745. The molecule has 0 aromatic carbocycles. The minimum Gasteiger partial charge on any atom is -0.461 e. The molecule has 6 nitrogen and oxygen atoms in total. The first-order valence-corrected chi connectivity index (χ1v) is 26.1. The minimum absolute atomic E-state index is 0.0201. The fourth-order valence-electron chi connectivity index (χ4n) is 7.14. The Kier molecular flexibility index (Phi) is 47.8. The molecule has 6 heteroatoms. The van der Waals surface area contributed by atoms with Gasteiger partial charge >= 0.3 is 5.97 Å². The summed E-state index contributed by atoms with van der Waals surface area (Å²) in [6.45, 7) is 6.29. The average molecular weight is 888 g/mol. The normalized spacial score (nSPS) is 14.1. The number of allylic oxidation sites excluding steroid dienone is 17. The Morgan fingerprint density at radius 2 is 0.875 bits per heavy atom. The third-order valence-corrected chi connectivity index (χ3v) is 11.1. The Hall–Kier alpha value is -3.48. The van der Waals surface area contributed by atoms with Gasteiger partial charge in [-0.25, -0.2) is 0 Å². The molecule has 0 saturated carbocycles. The molecule has 364 valence electrons. The molecule has 0 bridgehead atoms. The number of unbranched alkanes of at least 4 members (excludes halogenated alkanes) is 16. The summed E-state index contributed by atoms with van der Waals surface area (Å²) >= 11 is 0. The average Bonchev–Trinajstić information content (AvgIpc) is 3.29. The molecule has 64 heavy (non-hydrogen) atoms. The number of aliphatic hydroxyl groups excluding tert-OH is 2. The summed E-state index contributed by atoms with van der Waals surface area (Å²) < 4.78 is 5.86. The van der Waals surface area contributed by atoms with E-state index in [0.717, 1.165) is 96.3 Å². The molecule has 0 radical (unpaired) electrons. The molecular formula is C58H97NO5. The van der Waals surface area contributed by atoms with Crippen LogP contribution in [0, 0.1) is 0 Å². The zero-order valence-corrected chi connectivity index (χ0v) is 41.4. The van der Waals surface area contributed by atoms with Crippen LogP contribution in [-0.2, 0) is 14.3 Å². The van der Waals surface area contributed by atoms with Crippen LogP contribution in [-0.4, -0.2) is 46.9 Å². The molecule has 3 N–H and O–H groups in total. The Balaban J connectivity index is 4.79. The molecule has 0 saturated heterocycles. The van der Waals surface area contributed by atoms with E-state index in [-0.39, 0.29) is 24.9 Å². The second kappa shape index (κ2) is 50.5. The van der Waals surface area contributed by atoms with Gasteiger partial charge in [0.15, 0.2) is 0 Å². The van der Waals surface area contributed by atoms with Crippen molar-refractivity contribution in [1.29, 1.82) is 0 Å². The lowest BCUT2D eigenvalue weighted by Crippen LogP contribution is -2.46. The van der Waals surface area contributed by atoms with Crippen molar-refractivity contribution < 1.29 is 24.5 Å². The molecular weight excluding hydrogens is 791 g/mol. The van der Waals surface area contributed by atoms with Gasteiger partial charge in [-0.15, -0.1) is 0 Å². The molecule has 0 aliphatic rings. The maximum atomic E-state index is 13.2. The summed E-state index contributed by atoms with van der Waals surface area (Å²) in [5.74, 6) is -0.626. The van der Waals surface area contributed by atoms with E-state index in [4.69, 9.17) is 4.74 Å². The van der Waals surface area contributed by atoms with Gasteiger partial charge in [-0.2, -0.15) is 0 Å². The Labute approximate surface area is 394 Å². The van der Waals surface area contributed by atoms with Crippen molar-refractivity contribution in [3.8, 4) is 0 Å². The van der Waals surface area contributed by atoms with Gasteiger partial charge in [-0.3, -0.25) is 9.59 Å². The number of hydrogen-bond acceptors (Lipinski definition) is 5. The molecule has 1 amide bonds.